The number of rotatable bonds is 3. The number of hydrogen-bond acceptors (Lipinski definition) is 2. The van der Waals surface area contributed by atoms with Gasteiger partial charge in [0.1, 0.15) is 0 Å². The van der Waals surface area contributed by atoms with E-state index < -0.39 is 17.5 Å². The summed E-state index contributed by atoms with van der Waals surface area (Å²) in [5.41, 5.74) is 0.232. The van der Waals surface area contributed by atoms with Gasteiger partial charge < -0.3 is 5.32 Å². The molecule has 2 aromatic carbocycles. The van der Waals surface area contributed by atoms with Crippen LogP contribution in [0.1, 0.15) is 10.4 Å². The Labute approximate surface area is 113 Å². The monoisotopic (exact) mass is 279 g/mol. The molecule has 0 heterocycles. The minimum atomic E-state index is -1.14. The fourth-order valence-corrected chi connectivity index (χ4v) is 2.04. The molecule has 0 unspecified atom stereocenters. The van der Waals surface area contributed by atoms with E-state index >= 15 is 0 Å². The van der Waals surface area contributed by atoms with E-state index in [0.717, 1.165) is 11.0 Å². The molecule has 1 amide bonds. The van der Waals surface area contributed by atoms with Gasteiger partial charge in [-0.05, 0) is 36.6 Å². The summed E-state index contributed by atoms with van der Waals surface area (Å²) in [5, 5.41) is 2.54. The van der Waals surface area contributed by atoms with Crippen molar-refractivity contribution >= 4 is 23.4 Å². The molecule has 0 aliphatic carbocycles. The first-order chi connectivity index (χ1) is 9.11. The van der Waals surface area contributed by atoms with Crippen LogP contribution in [0.4, 0.5) is 14.5 Å². The summed E-state index contributed by atoms with van der Waals surface area (Å²) < 4.78 is 26.5. The molecular weight excluding hydrogens is 268 g/mol. The normalized spacial score (nSPS) is 10.3. The van der Waals surface area contributed by atoms with Crippen LogP contribution in [0.3, 0.4) is 0 Å². The zero-order valence-electron chi connectivity index (χ0n) is 10.1. The minimum Gasteiger partial charge on any atom is -0.322 e. The zero-order chi connectivity index (χ0) is 13.8. The molecule has 19 heavy (non-hydrogen) atoms. The predicted molar refractivity (Wildman–Crippen MR) is 72.5 cm³/mol. The van der Waals surface area contributed by atoms with Crippen molar-refractivity contribution in [2.24, 2.45) is 0 Å². The van der Waals surface area contributed by atoms with Crippen molar-refractivity contribution in [1.82, 2.24) is 0 Å². The van der Waals surface area contributed by atoms with E-state index in [1.165, 1.54) is 23.9 Å². The van der Waals surface area contributed by atoms with Crippen molar-refractivity contribution in [1.29, 1.82) is 0 Å². The molecule has 0 saturated heterocycles. The Morgan fingerprint density at radius 1 is 1.16 bits per heavy atom. The maximum absolute atomic E-state index is 13.5. The van der Waals surface area contributed by atoms with Gasteiger partial charge >= 0.3 is 0 Å². The molecule has 2 aromatic rings. The third-order valence-electron chi connectivity index (χ3n) is 2.52. The molecule has 2 nitrogen and oxygen atoms in total. The van der Waals surface area contributed by atoms with Gasteiger partial charge in [0.25, 0.3) is 5.91 Å². The summed E-state index contributed by atoms with van der Waals surface area (Å²) in [6.07, 6.45) is 1.91. The van der Waals surface area contributed by atoms with E-state index in [0.29, 0.717) is 5.69 Å². The molecule has 0 radical (unpaired) electrons. The number of amides is 1. The lowest BCUT2D eigenvalue weighted by Crippen LogP contribution is -2.14. The van der Waals surface area contributed by atoms with Crippen LogP contribution in [0.2, 0.25) is 0 Å². The van der Waals surface area contributed by atoms with Crippen LogP contribution in [-0.4, -0.2) is 12.2 Å². The van der Waals surface area contributed by atoms with E-state index in [1.807, 2.05) is 12.3 Å². The number of thioether (sulfide) groups is 1. The Morgan fingerprint density at radius 3 is 2.63 bits per heavy atom. The smallest absolute Gasteiger partial charge is 0.258 e. The van der Waals surface area contributed by atoms with Crippen molar-refractivity contribution in [3.8, 4) is 0 Å². The highest BCUT2D eigenvalue weighted by molar-refractivity contribution is 7.98. The average Bonchev–Trinajstić information content (AvgIpc) is 2.42. The second-order valence-corrected chi connectivity index (χ2v) is 4.67. The summed E-state index contributed by atoms with van der Waals surface area (Å²) in [6.45, 7) is 0. The number of carbonyl (C=O) groups excluding carboxylic acids is 1. The molecular formula is C14H11F2NOS. The second kappa shape index (κ2) is 5.84. The maximum Gasteiger partial charge on any atom is 0.258 e. The maximum atomic E-state index is 13.5. The number of halogens is 2. The molecule has 98 valence electrons. The molecule has 0 spiro atoms. The number of benzene rings is 2. The van der Waals surface area contributed by atoms with E-state index in [2.05, 4.69) is 5.32 Å². The quantitative estimate of drug-likeness (QED) is 0.862. The van der Waals surface area contributed by atoms with Gasteiger partial charge in [0, 0.05) is 10.6 Å². The Balaban J connectivity index is 2.23. The average molecular weight is 279 g/mol. The van der Waals surface area contributed by atoms with Crippen molar-refractivity contribution in [2.45, 2.75) is 4.90 Å². The summed E-state index contributed by atoms with van der Waals surface area (Å²) >= 11 is 1.53. The molecule has 0 aliphatic heterocycles. The van der Waals surface area contributed by atoms with Crippen LogP contribution in [0.15, 0.2) is 47.4 Å². The summed E-state index contributed by atoms with van der Waals surface area (Å²) in [5.74, 6) is -2.85. The highest BCUT2D eigenvalue weighted by Crippen LogP contribution is 2.20. The fraction of sp³-hybridized carbons (Fsp3) is 0.0714. The number of hydrogen-bond donors (Lipinski definition) is 1. The highest BCUT2D eigenvalue weighted by atomic mass is 32.2. The molecule has 0 aliphatic rings. The van der Waals surface area contributed by atoms with Crippen LogP contribution >= 0.6 is 11.8 Å². The van der Waals surface area contributed by atoms with Crippen LogP contribution in [0.5, 0.6) is 0 Å². The first-order valence-corrected chi connectivity index (χ1v) is 6.73. The van der Waals surface area contributed by atoms with Crippen molar-refractivity contribution in [3.05, 3.63) is 59.7 Å². The summed E-state index contributed by atoms with van der Waals surface area (Å²) in [7, 11) is 0. The zero-order valence-corrected chi connectivity index (χ0v) is 10.9. The molecule has 0 atom stereocenters. The van der Waals surface area contributed by atoms with E-state index in [-0.39, 0.29) is 5.56 Å². The van der Waals surface area contributed by atoms with Crippen molar-refractivity contribution in [3.63, 3.8) is 0 Å². The van der Waals surface area contributed by atoms with Crippen LogP contribution < -0.4 is 5.32 Å². The van der Waals surface area contributed by atoms with Crippen LogP contribution in [-0.2, 0) is 0 Å². The van der Waals surface area contributed by atoms with Gasteiger partial charge in [0.15, 0.2) is 11.6 Å². The number of anilines is 1. The SMILES string of the molecule is CSc1cccc(NC(=O)c2cccc(F)c2F)c1. The highest BCUT2D eigenvalue weighted by Gasteiger charge is 2.15. The molecule has 1 N–H and O–H groups in total. The van der Waals surface area contributed by atoms with Gasteiger partial charge in [0.2, 0.25) is 0 Å². The molecule has 0 bridgehead atoms. The summed E-state index contributed by atoms with van der Waals surface area (Å²) in [4.78, 5) is 12.8. The van der Waals surface area contributed by atoms with E-state index in [4.69, 9.17) is 0 Å². The third-order valence-corrected chi connectivity index (χ3v) is 3.25. The molecule has 5 heteroatoms. The lowest BCUT2D eigenvalue weighted by molar-refractivity contribution is 0.102. The van der Waals surface area contributed by atoms with E-state index in [1.54, 1.807) is 18.2 Å². The number of carbonyl (C=O) groups is 1. The predicted octanol–water partition coefficient (Wildman–Crippen LogP) is 3.94. The van der Waals surface area contributed by atoms with Gasteiger partial charge in [-0.1, -0.05) is 12.1 Å². The van der Waals surface area contributed by atoms with E-state index in [9.17, 15) is 13.6 Å². The Hall–Kier alpha value is -1.88. The largest absolute Gasteiger partial charge is 0.322 e. The van der Waals surface area contributed by atoms with Crippen molar-refractivity contribution < 1.29 is 13.6 Å². The number of nitrogens with one attached hydrogen (secondary N) is 1. The first-order valence-electron chi connectivity index (χ1n) is 5.51. The van der Waals surface area contributed by atoms with Crippen molar-refractivity contribution in [2.75, 3.05) is 11.6 Å². The molecule has 0 aromatic heterocycles. The fourth-order valence-electron chi connectivity index (χ4n) is 1.58. The topological polar surface area (TPSA) is 29.1 Å². The van der Waals surface area contributed by atoms with Gasteiger partial charge in [0.05, 0.1) is 5.56 Å². The van der Waals surface area contributed by atoms with Gasteiger partial charge in [-0.25, -0.2) is 8.78 Å². The third kappa shape index (κ3) is 3.12. The molecule has 2 rings (SSSR count). The molecule has 0 saturated carbocycles. The van der Waals surface area contributed by atoms with Gasteiger partial charge in [-0.2, -0.15) is 0 Å². The lowest BCUT2D eigenvalue weighted by atomic mass is 10.2. The Bertz CT molecular complexity index is 616. The molecule has 0 fully saturated rings. The Kier molecular flexibility index (Phi) is 4.16. The minimum absolute atomic E-state index is 0.311. The summed E-state index contributed by atoms with van der Waals surface area (Å²) in [6, 6.07) is 10.6. The standard InChI is InChI=1S/C14H11F2NOS/c1-19-10-5-2-4-9(8-10)17-14(18)11-6-3-7-12(15)13(11)16/h2-8H,1H3,(H,17,18). The van der Waals surface area contributed by atoms with Crippen LogP contribution in [0.25, 0.3) is 0 Å². The van der Waals surface area contributed by atoms with Gasteiger partial charge in [-0.3, -0.25) is 4.79 Å². The van der Waals surface area contributed by atoms with Crippen LogP contribution in [0, 0.1) is 11.6 Å². The second-order valence-electron chi connectivity index (χ2n) is 3.79. The Morgan fingerprint density at radius 2 is 1.89 bits per heavy atom. The first kappa shape index (κ1) is 13.5. The van der Waals surface area contributed by atoms with Gasteiger partial charge in [-0.15, -0.1) is 11.8 Å². The lowest BCUT2D eigenvalue weighted by Gasteiger charge is -2.07.